The third-order valence-corrected chi connectivity index (χ3v) is 10.6. The number of carbonyl (C=O) groups excluding carboxylic acids is 3. The summed E-state index contributed by atoms with van der Waals surface area (Å²) in [4.78, 5) is 54.7. The molecule has 11 heteroatoms. The van der Waals surface area contributed by atoms with Gasteiger partial charge in [-0.15, -0.1) is 0 Å². The quantitative estimate of drug-likeness (QED) is 0.317. The number of carbonyl (C=O) groups is 4. The van der Waals surface area contributed by atoms with Gasteiger partial charge in [0.1, 0.15) is 0 Å². The summed E-state index contributed by atoms with van der Waals surface area (Å²) < 4.78 is 31.7. The van der Waals surface area contributed by atoms with Crippen molar-refractivity contribution < 1.29 is 37.5 Å². The van der Waals surface area contributed by atoms with Crippen LogP contribution in [0.1, 0.15) is 81.6 Å². The number of likely N-dealkylation sites (tertiary alicyclic amines) is 1. The molecule has 0 aliphatic carbocycles. The van der Waals surface area contributed by atoms with Crippen molar-refractivity contribution in [2.45, 2.75) is 74.7 Å². The van der Waals surface area contributed by atoms with E-state index in [1.165, 1.54) is 5.56 Å². The van der Waals surface area contributed by atoms with Crippen LogP contribution in [0.3, 0.4) is 0 Å². The standard InChI is InChI=1S/C35H37N3O3.C2HF3O2/c39-32(25-9-3-1-4-10-25)36-20-17-35(18-21-36,26-11-5-2-6-12-26)19-22-37-27-15-16-28(37)24-29(23-27)38-33(40)30-13-7-8-14-31(30)34(38)41;3-2(4,5)1(6)7/h1-14,27-29H,15-24H2;(H,6,7)/t27-,28+,29?;. The van der Waals surface area contributed by atoms with E-state index in [1.54, 1.807) is 17.0 Å². The van der Waals surface area contributed by atoms with Gasteiger partial charge >= 0.3 is 12.1 Å². The lowest BCUT2D eigenvalue weighted by Gasteiger charge is -2.46. The lowest BCUT2D eigenvalue weighted by Crippen LogP contribution is -2.53. The van der Waals surface area contributed by atoms with Crippen molar-refractivity contribution in [3.8, 4) is 0 Å². The molecule has 4 heterocycles. The van der Waals surface area contributed by atoms with Crippen molar-refractivity contribution in [3.05, 3.63) is 107 Å². The smallest absolute Gasteiger partial charge is 0.475 e. The van der Waals surface area contributed by atoms with E-state index in [-0.39, 0.29) is 29.2 Å². The average molecular weight is 662 g/mol. The van der Waals surface area contributed by atoms with Crippen molar-refractivity contribution in [1.29, 1.82) is 0 Å². The Morgan fingerprint density at radius 1 is 0.750 bits per heavy atom. The van der Waals surface area contributed by atoms with Crippen LogP contribution < -0.4 is 0 Å². The number of halogens is 3. The minimum absolute atomic E-state index is 0.0218. The van der Waals surface area contributed by atoms with E-state index >= 15 is 0 Å². The second kappa shape index (κ2) is 13.5. The molecule has 3 fully saturated rings. The van der Waals surface area contributed by atoms with Crippen molar-refractivity contribution in [2.75, 3.05) is 19.6 Å². The van der Waals surface area contributed by atoms with Crippen LogP contribution in [-0.2, 0) is 10.2 Å². The number of alkyl halides is 3. The fourth-order valence-electron chi connectivity index (χ4n) is 8.08. The summed E-state index contributed by atoms with van der Waals surface area (Å²) >= 11 is 0. The van der Waals surface area contributed by atoms with Crippen molar-refractivity contribution in [2.24, 2.45) is 0 Å². The van der Waals surface area contributed by atoms with Gasteiger partial charge in [0.05, 0.1) is 11.1 Å². The van der Waals surface area contributed by atoms with Gasteiger partial charge in [-0.2, -0.15) is 13.2 Å². The Morgan fingerprint density at radius 2 is 1.23 bits per heavy atom. The highest BCUT2D eigenvalue weighted by Gasteiger charge is 2.48. The van der Waals surface area contributed by atoms with E-state index in [4.69, 9.17) is 9.90 Å². The molecule has 3 atom stereocenters. The fourth-order valence-corrected chi connectivity index (χ4v) is 8.08. The number of amides is 3. The number of hydrogen-bond donors (Lipinski definition) is 1. The molecule has 2 bridgehead atoms. The van der Waals surface area contributed by atoms with Gasteiger partial charge in [-0.05, 0) is 86.7 Å². The Balaban J connectivity index is 0.000000519. The topological polar surface area (TPSA) is 98.2 Å². The predicted octanol–water partition coefficient (Wildman–Crippen LogP) is 6.18. The molecule has 3 saturated heterocycles. The SMILES string of the molecule is O=C(O)C(F)(F)F.O=C(c1ccccc1)N1CCC(CCN2[C@@H]3CC[C@H]2CC(N2C(=O)c4ccccc4C2=O)C3)(c2ccccc2)CC1. The van der Waals surface area contributed by atoms with E-state index < -0.39 is 12.1 Å². The summed E-state index contributed by atoms with van der Waals surface area (Å²) in [6, 6.07) is 28.5. The number of piperidine rings is 2. The minimum atomic E-state index is -5.08. The lowest BCUT2D eigenvalue weighted by atomic mass is 9.70. The first-order valence-electron chi connectivity index (χ1n) is 16.4. The number of fused-ring (bicyclic) bond motifs is 3. The molecule has 0 saturated carbocycles. The van der Waals surface area contributed by atoms with E-state index in [9.17, 15) is 27.6 Å². The third kappa shape index (κ3) is 6.60. The van der Waals surface area contributed by atoms with Crippen LogP contribution >= 0.6 is 0 Å². The second-order valence-corrected chi connectivity index (χ2v) is 13.1. The highest BCUT2D eigenvalue weighted by atomic mass is 19.4. The van der Waals surface area contributed by atoms with Gasteiger partial charge in [-0.1, -0.05) is 60.7 Å². The molecule has 1 unspecified atom stereocenters. The molecule has 8 nitrogen and oxygen atoms in total. The maximum absolute atomic E-state index is 13.2. The van der Waals surface area contributed by atoms with Gasteiger partial charge in [-0.25, -0.2) is 4.79 Å². The van der Waals surface area contributed by atoms with Gasteiger partial charge in [-0.3, -0.25) is 24.2 Å². The van der Waals surface area contributed by atoms with Crippen LogP contribution in [-0.4, -0.2) is 87.4 Å². The molecule has 1 N–H and O–H groups in total. The Bertz CT molecular complexity index is 1610. The molecule has 7 rings (SSSR count). The molecule has 4 aliphatic heterocycles. The largest absolute Gasteiger partial charge is 0.490 e. The zero-order valence-corrected chi connectivity index (χ0v) is 26.4. The minimum Gasteiger partial charge on any atom is -0.475 e. The summed E-state index contributed by atoms with van der Waals surface area (Å²) in [5.74, 6) is -2.88. The van der Waals surface area contributed by atoms with Crippen molar-refractivity contribution in [1.82, 2.24) is 14.7 Å². The second-order valence-electron chi connectivity index (χ2n) is 13.1. The van der Waals surface area contributed by atoms with Gasteiger partial charge in [0.25, 0.3) is 17.7 Å². The summed E-state index contributed by atoms with van der Waals surface area (Å²) in [5.41, 5.74) is 3.27. The van der Waals surface area contributed by atoms with Crippen LogP contribution in [0.2, 0.25) is 0 Å². The molecule has 48 heavy (non-hydrogen) atoms. The first-order valence-corrected chi connectivity index (χ1v) is 16.4. The molecule has 0 radical (unpaired) electrons. The van der Waals surface area contributed by atoms with E-state index in [0.717, 1.165) is 70.1 Å². The van der Waals surface area contributed by atoms with Crippen molar-refractivity contribution >= 4 is 23.7 Å². The highest BCUT2D eigenvalue weighted by molar-refractivity contribution is 6.21. The van der Waals surface area contributed by atoms with Crippen LogP contribution in [0.15, 0.2) is 84.9 Å². The maximum Gasteiger partial charge on any atom is 0.490 e. The van der Waals surface area contributed by atoms with Gasteiger partial charge < -0.3 is 10.0 Å². The number of carboxylic acids is 1. The Kier molecular flexibility index (Phi) is 9.42. The Morgan fingerprint density at radius 3 is 1.73 bits per heavy atom. The summed E-state index contributed by atoms with van der Waals surface area (Å²) in [6.07, 6.45) is 1.85. The van der Waals surface area contributed by atoms with Crippen LogP contribution in [0.25, 0.3) is 0 Å². The fraction of sp³-hybridized carbons (Fsp3) is 0.405. The van der Waals surface area contributed by atoms with E-state index in [1.807, 2.05) is 47.4 Å². The number of rotatable bonds is 6. The normalized spacial score (nSPS) is 23.4. The molecule has 3 aromatic carbocycles. The van der Waals surface area contributed by atoms with Gasteiger partial charge in [0.2, 0.25) is 0 Å². The van der Waals surface area contributed by atoms with Crippen molar-refractivity contribution in [3.63, 3.8) is 0 Å². The third-order valence-electron chi connectivity index (χ3n) is 10.6. The van der Waals surface area contributed by atoms with Crippen LogP contribution in [0.5, 0.6) is 0 Å². The molecule has 252 valence electrons. The number of nitrogens with zero attached hydrogens (tertiary/aromatic N) is 3. The average Bonchev–Trinajstić information content (AvgIpc) is 3.50. The number of aliphatic carboxylic acids is 1. The molecule has 3 amide bonds. The maximum atomic E-state index is 13.2. The molecule has 4 aliphatic rings. The summed E-state index contributed by atoms with van der Waals surface area (Å²) in [7, 11) is 0. The first kappa shape index (κ1) is 33.4. The lowest BCUT2D eigenvalue weighted by molar-refractivity contribution is -0.192. The molecule has 0 aromatic heterocycles. The Hall–Kier alpha value is -4.51. The summed E-state index contributed by atoms with van der Waals surface area (Å²) in [6.45, 7) is 2.53. The van der Waals surface area contributed by atoms with Gasteiger partial charge in [0, 0.05) is 36.8 Å². The number of carboxylic acid groups (broad SMARTS) is 1. The van der Waals surface area contributed by atoms with E-state index in [0.29, 0.717) is 23.2 Å². The zero-order chi connectivity index (χ0) is 34.1. The predicted molar refractivity (Wildman–Crippen MR) is 171 cm³/mol. The molecular formula is C37H38F3N3O5. The highest BCUT2D eigenvalue weighted by Crippen LogP contribution is 2.43. The van der Waals surface area contributed by atoms with Gasteiger partial charge in [0.15, 0.2) is 0 Å². The number of imide groups is 1. The number of benzene rings is 3. The monoisotopic (exact) mass is 661 g/mol. The Labute approximate surface area is 277 Å². The zero-order valence-electron chi connectivity index (χ0n) is 26.4. The number of hydrogen-bond acceptors (Lipinski definition) is 5. The molecule has 0 spiro atoms. The van der Waals surface area contributed by atoms with Crippen LogP contribution in [0, 0.1) is 0 Å². The first-order chi connectivity index (χ1) is 23.0. The van der Waals surface area contributed by atoms with E-state index in [2.05, 4.69) is 35.2 Å². The summed E-state index contributed by atoms with van der Waals surface area (Å²) in [5, 5.41) is 7.12. The molecular weight excluding hydrogens is 623 g/mol. The molecule has 3 aromatic rings. The van der Waals surface area contributed by atoms with Crippen LogP contribution in [0.4, 0.5) is 13.2 Å².